The van der Waals surface area contributed by atoms with Crippen LogP contribution in [0, 0.1) is 11.8 Å². The molecule has 0 radical (unpaired) electrons. The molecule has 19 heavy (non-hydrogen) atoms. The van der Waals surface area contributed by atoms with Crippen molar-refractivity contribution in [3.05, 3.63) is 30.3 Å². The van der Waals surface area contributed by atoms with Crippen LogP contribution in [-0.4, -0.2) is 18.0 Å². The van der Waals surface area contributed by atoms with Gasteiger partial charge in [0.2, 0.25) is 0 Å². The first-order chi connectivity index (χ1) is 9.11. The molecule has 1 aliphatic carbocycles. The van der Waals surface area contributed by atoms with Crippen molar-refractivity contribution in [1.29, 1.82) is 0 Å². The maximum atomic E-state index is 6.18. The normalized spacial score (nSPS) is 34.6. The molecule has 0 amide bonds. The smallest absolute Gasteiger partial charge is 0.196 e. The number of aliphatic imine (C=N–C) groups is 1. The van der Waals surface area contributed by atoms with Crippen LogP contribution in [0.4, 0.5) is 5.69 Å². The summed E-state index contributed by atoms with van der Waals surface area (Å²) in [6, 6.07) is 10.5. The Labute approximate surface area is 115 Å². The zero-order valence-electron chi connectivity index (χ0n) is 11.8. The van der Waals surface area contributed by atoms with Gasteiger partial charge in [-0.3, -0.25) is 4.99 Å². The van der Waals surface area contributed by atoms with Gasteiger partial charge >= 0.3 is 0 Å². The Morgan fingerprint density at radius 3 is 2.42 bits per heavy atom. The first-order valence-corrected chi connectivity index (χ1v) is 7.26. The fraction of sp³-hybridized carbons (Fsp3) is 0.562. The molecule has 1 saturated carbocycles. The van der Waals surface area contributed by atoms with Gasteiger partial charge in [0.05, 0.1) is 12.1 Å². The minimum absolute atomic E-state index is 0.114. The van der Waals surface area contributed by atoms with Gasteiger partial charge in [-0.1, -0.05) is 32.0 Å². The van der Waals surface area contributed by atoms with E-state index in [1.54, 1.807) is 0 Å². The van der Waals surface area contributed by atoms with Crippen molar-refractivity contribution < 1.29 is 0 Å². The monoisotopic (exact) mass is 257 g/mol. The number of rotatable bonds is 1. The number of para-hydroxylation sites is 1. The molecule has 1 aromatic carbocycles. The second-order valence-electron chi connectivity index (χ2n) is 6.42. The fourth-order valence-corrected chi connectivity index (χ4v) is 4.14. The second-order valence-corrected chi connectivity index (χ2v) is 6.42. The lowest BCUT2D eigenvalue weighted by atomic mass is 9.71. The van der Waals surface area contributed by atoms with Gasteiger partial charge in [-0.05, 0) is 43.2 Å². The zero-order chi connectivity index (χ0) is 13.5. The lowest BCUT2D eigenvalue weighted by Crippen LogP contribution is -2.55. The Bertz CT molecular complexity index is 470. The summed E-state index contributed by atoms with van der Waals surface area (Å²) in [6.45, 7) is 5.56. The van der Waals surface area contributed by atoms with Crippen LogP contribution < -0.4 is 10.6 Å². The van der Waals surface area contributed by atoms with Gasteiger partial charge in [0, 0.05) is 5.69 Å². The molecule has 1 fully saturated rings. The highest BCUT2D eigenvalue weighted by molar-refractivity contribution is 5.98. The lowest BCUT2D eigenvalue weighted by molar-refractivity contribution is 0.197. The lowest BCUT2D eigenvalue weighted by Gasteiger charge is -2.46. The van der Waals surface area contributed by atoms with Crippen molar-refractivity contribution in [2.75, 3.05) is 11.4 Å². The minimum atomic E-state index is 0.114. The molecule has 2 N–H and O–H groups in total. The molecule has 2 atom stereocenters. The molecule has 102 valence electrons. The van der Waals surface area contributed by atoms with E-state index in [0.717, 1.165) is 18.4 Å². The second kappa shape index (κ2) is 4.55. The van der Waals surface area contributed by atoms with E-state index in [0.29, 0.717) is 5.96 Å². The van der Waals surface area contributed by atoms with Crippen molar-refractivity contribution >= 4 is 11.6 Å². The van der Waals surface area contributed by atoms with Gasteiger partial charge in [-0.15, -0.1) is 0 Å². The van der Waals surface area contributed by atoms with E-state index in [4.69, 9.17) is 5.73 Å². The molecule has 1 spiro atoms. The molecule has 0 saturated heterocycles. The summed E-state index contributed by atoms with van der Waals surface area (Å²) in [7, 11) is 0. The van der Waals surface area contributed by atoms with Crippen molar-refractivity contribution in [1.82, 2.24) is 0 Å². The SMILES string of the molecule is CC1CC(C)CC2(CN=C(N)N2c2ccccc2)C1. The van der Waals surface area contributed by atoms with Crippen LogP contribution in [0.15, 0.2) is 35.3 Å². The van der Waals surface area contributed by atoms with E-state index in [1.165, 1.54) is 24.9 Å². The number of guanidine groups is 1. The van der Waals surface area contributed by atoms with Crippen molar-refractivity contribution in [3.8, 4) is 0 Å². The van der Waals surface area contributed by atoms with Crippen LogP contribution in [0.1, 0.15) is 33.1 Å². The number of nitrogens with two attached hydrogens (primary N) is 1. The highest BCUT2D eigenvalue weighted by Crippen LogP contribution is 2.44. The molecule has 2 unspecified atom stereocenters. The Kier molecular flexibility index (Phi) is 3.00. The molecule has 0 aromatic heterocycles. The Morgan fingerprint density at radius 2 is 1.79 bits per heavy atom. The van der Waals surface area contributed by atoms with Crippen LogP contribution in [-0.2, 0) is 0 Å². The summed E-state index contributed by atoms with van der Waals surface area (Å²) in [4.78, 5) is 6.85. The van der Waals surface area contributed by atoms with E-state index < -0.39 is 0 Å². The predicted molar refractivity (Wildman–Crippen MR) is 80.3 cm³/mol. The quantitative estimate of drug-likeness (QED) is 0.840. The van der Waals surface area contributed by atoms with Gasteiger partial charge < -0.3 is 10.6 Å². The van der Waals surface area contributed by atoms with Crippen LogP contribution in [0.25, 0.3) is 0 Å². The number of hydrogen-bond acceptors (Lipinski definition) is 3. The van der Waals surface area contributed by atoms with Crippen LogP contribution in [0.3, 0.4) is 0 Å². The van der Waals surface area contributed by atoms with Gasteiger partial charge in [-0.25, -0.2) is 0 Å². The topological polar surface area (TPSA) is 41.6 Å². The molecule has 1 aromatic rings. The third-order valence-electron chi connectivity index (χ3n) is 4.51. The van der Waals surface area contributed by atoms with Crippen molar-refractivity contribution in [2.45, 2.75) is 38.6 Å². The summed E-state index contributed by atoms with van der Waals surface area (Å²) in [5.74, 6) is 2.18. The third-order valence-corrected chi connectivity index (χ3v) is 4.51. The summed E-state index contributed by atoms with van der Waals surface area (Å²) in [6.07, 6.45) is 3.71. The Hall–Kier alpha value is -1.51. The number of hydrogen-bond donors (Lipinski definition) is 1. The average Bonchev–Trinajstić information content (AvgIpc) is 2.65. The molecule has 3 nitrogen and oxygen atoms in total. The third kappa shape index (κ3) is 2.11. The minimum Gasteiger partial charge on any atom is -0.369 e. The summed E-state index contributed by atoms with van der Waals surface area (Å²) in [5.41, 5.74) is 7.48. The van der Waals surface area contributed by atoms with Gasteiger partial charge in [0.25, 0.3) is 0 Å². The average molecular weight is 257 g/mol. The van der Waals surface area contributed by atoms with Gasteiger partial charge in [0.15, 0.2) is 5.96 Å². The molecular weight excluding hydrogens is 234 g/mol. The van der Waals surface area contributed by atoms with Crippen LogP contribution >= 0.6 is 0 Å². The van der Waals surface area contributed by atoms with Crippen LogP contribution in [0.5, 0.6) is 0 Å². The molecule has 3 heteroatoms. The predicted octanol–water partition coefficient (Wildman–Crippen LogP) is 3.02. The first-order valence-electron chi connectivity index (χ1n) is 7.26. The summed E-state index contributed by atoms with van der Waals surface area (Å²) < 4.78 is 0. The maximum absolute atomic E-state index is 6.18. The van der Waals surface area contributed by atoms with E-state index in [2.05, 4.69) is 48.0 Å². The highest BCUT2D eigenvalue weighted by atomic mass is 15.4. The van der Waals surface area contributed by atoms with E-state index in [-0.39, 0.29) is 5.54 Å². The number of anilines is 1. The van der Waals surface area contributed by atoms with Crippen LogP contribution in [0.2, 0.25) is 0 Å². The number of benzene rings is 1. The Balaban J connectivity index is 1.97. The van der Waals surface area contributed by atoms with Gasteiger partial charge in [0.1, 0.15) is 0 Å². The Morgan fingerprint density at radius 1 is 1.16 bits per heavy atom. The maximum Gasteiger partial charge on any atom is 0.196 e. The first kappa shape index (κ1) is 12.5. The van der Waals surface area contributed by atoms with E-state index >= 15 is 0 Å². The van der Waals surface area contributed by atoms with E-state index in [9.17, 15) is 0 Å². The molecule has 0 bridgehead atoms. The highest BCUT2D eigenvalue weighted by Gasteiger charge is 2.47. The molecule has 1 aliphatic heterocycles. The molecule has 1 heterocycles. The fourth-order valence-electron chi connectivity index (χ4n) is 4.14. The molecule has 3 rings (SSSR count). The van der Waals surface area contributed by atoms with Crippen molar-refractivity contribution in [3.63, 3.8) is 0 Å². The number of nitrogens with zero attached hydrogens (tertiary/aromatic N) is 2. The summed E-state index contributed by atoms with van der Waals surface area (Å²) >= 11 is 0. The largest absolute Gasteiger partial charge is 0.369 e. The van der Waals surface area contributed by atoms with E-state index in [1.807, 2.05) is 6.07 Å². The standard InChI is InChI=1S/C16H23N3/c1-12-8-13(2)10-16(9-12)11-18-15(17)19(16)14-6-4-3-5-7-14/h3-7,12-13H,8-11H2,1-2H3,(H2,17,18). The summed E-state index contributed by atoms with van der Waals surface area (Å²) in [5, 5.41) is 0. The van der Waals surface area contributed by atoms with Crippen molar-refractivity contribution in [2.24, 2.45) is 22.6 Å². The zero-order valence-corrected chi connectivity index (χ0v) is 11.8. The van der Waals surface area contributed by atoms with Gasteiger partial charge in [-0.2, -0.15) is 0 Å². The molecule has 2 aliphatic rings. The molecular formula is C16H23N3.